The number of rotatable bonds is 7. The van der Waals surface area contributed by atoms with Gasteiger partial charge in [0.25, 0.3) is 0 Å². The van der Waals surface area contributed by atoms with E-state index in [0.717, 1.165) is 12.0 Å². The number of benzene rings is 1. The highest BCUT2D eigenvalue weighted by atomic mass is 79.9. The molecule has 0 bridgehead atoms. The zero-order valence-electron chi connectivity index (χ0n) is 11.6. The van der Waals surface area contributed by atoms with Gasteiger partial charge in [0.05, 0.1) is 11.6 Å². The van der Waals surface area contributed by atoms with Crippen LogP contribution in [0.25, 0.3) is 0 Å². The second-order valence-electron chi connectivity index (χ2n) is 4.87. The summed E-state index contributed by atoms with van der Waals surface area (Å²) in [7, 11) is 1.53. The summed E-state index contributed by atoms with van der Waals surface area (Å²) in [6.45, 7) is 5.10. The largest absolute Gasteiger partial charge is 0.503 e. The molecule has 1 aromatic carbocycles. The lowest BCUT2D eigenvalue weighted by atomic mass is 10.0. The zero-order valence-corrected chi connectivity index (χ0v) is 13.2. The molecular weight excluding hydrogens is 310 g/mol. The first-order valence-corrected chi connectivity index (χ1v) is 7.18. The predicted octanol–water partition coefficient (Wildman–Crippen LogP) is 2.66. The average molecular weight is 332 g/mol. The van der Waals surface area contributed by atoms with Crippen molar-refractivity contribution in [2.45, 2.75) is 32.9 Å². The van der Waals surface area contributed by atoms with Crippen LogP contribution in [-0.4, -0.2) is 30.0 Å². The third-order valence-electron chi connectivity index (χ3n) is 3.12. The van der Waals surface area contributed by atoms with Crippen molar-refractivity contribution in [1.82, 2.24) is 5.32 Å². The van der Waals surface area contributed by atoms with Crippen molar-refractivity contribution in [3.8, 4) is 11.5 Å². The molecule has 0 amide bonds. The SMILES string of the molecule is COc1cc(CNC(CCO)C(C)C)cc(Br)c1O. The number of hydrogen-bond acceptors (Lipinski definition) is 4. The second-order valence-corrected chi connectivity index (χ2v) is 5.73. The number of ether oxygens (including phenoxy) is 1. The Kier molecular flexibility index (Phi) is 6.62. The van der Waals surface area contributed by atoms with E-state index in [2.05, 4.69) is 35.1 Å². The van der Waals surface area contributed by atoms with Gasteiger partial charge in [-0.2, -0.15) is 0 Å². The summed E-state index contributed by atoms with van der Waals surface area (Å²) < 4.78 is 5.74. The minimum atomic E-state index is 0.113. The molecule has 0 aliphatic heterocycles. The van der Waals surface area contributed by atoms with E-state index in [4.69, 9.17) is 9.84 Å². The van der Waals surface area contributed by atoms with Crippen LogP contribution in [0.15, 0.2) is 16.6 Å². The van der Waals surface area contributed by atoms with Gasteiger partial charge in [0.15, 0.2) is 11.5 Å². The summed E-state index contributed by atoms with van der Waals surface area (Å²) in [4.78, 5) is 0. The fourth-order valence-corrected chi connectivity index (χ4v) is 2.43. The van der Waals surface area contributed by atoms with E-state index in [-0.39, 0.29) is 18.4 Å². The standard InChI is InChI=1S/C14H22BrNO3/c1-9(2)12(4-5-17)16-8-10-6-11(15)14(18)13(7-10)19-3/h6-7,9,12,16-18H,4-5,8H2,1-3H3. The first-order valence-electron chi connectivity index (χ1n) is 6.39. The van der Waals surface area contributed by atoms with Gasteiger partial charge in [0.1, 0.15) is 0 Å². The van der Waals surface area contributed by atoms with Crippen molar-refractivity contribution in [3.63, 3.8) is 0 Å². The maximum Gasteiger partial charge on any atom is 0.172 e. The first kappa shape index (κ1) is 16.3. The number of aromatic hydroxyl groups is 1. The summed E-state index contributed by atoms with van der Waals surface area (Å²) in [6, 6.07) is 3.94. The van der Waals surface area contributed by atoms with Gasteiger partial charge in [-0.1, -0.05) is 13.8 Å². The molecule has 0 saturated carbocycles. The number of aliphatic hydroxyl groups excluding tert-OH is 1. The summed E-state index contributed by atoms with van der Waals surface area (Å²) in [5.41, 5.74) is 1.02. The smallest absolute Gasteiger partial charge is 0.172 e. The predicted molar refractivity (Wildman–Crippen MR) is 79.5 cm³/mol. The zero-order chi connectivity index (χ0) is 14.4. The van der Waals surface area contributed by atoms with Crippen molar-refractivity contribution in [2.24, 2.45) is 5.92 Å². The van der Waals surface area contributed by atoms with Crippen LogP contribution in [0, 0.1) is 5.92 Å². The molecule has 1 rings (SSSR count). The lowest BCUT2D eigenvalue weighted by Crippen LogP contribution is -2.34. The Bertz CT molecular complexity index is 410. The molecule has 0 spiro atoms. The Morgan fingerprint density at radius 1 is 1.37 bits per heavy atom. The van der Waals surface area contributed by atoms with Gasteiger partial charge in [0.2, 0.25) is 0 Å². The fraction of sp³-hybridized carbons (Fsp3) is 0.571. The van der Waals surface area contributed by atoms with E-state index in [1.165, 1.54) is 7.11 Å². The number of methoxy groups -OCH3 is 1. The van der Waals surface area contributed by atoms with Crippen molar-refractivity contribution in [3.05, 3.63) is 22.2 Å². The van der Waals surface area contributed by atoms with Crippen molar-refractivity contribution in [2.75, 3.05) is 13.7 Å². The second kappa shape index (κ2) is 7.72. The Hall–Kier alpha value is -0.780. The van der Waals surface area contributed by atoms with Gasteiger partial charge < -0.3 is 20.3 Å². The monoisotopic (exact) mass is 331 g/mol. The molecule has 0 aliphatic carbocycles. The molecule has 19 heavy (non-hydrogen) atoms. The van der Waals surface area contributed by atoms with Gasteiger partial charge in [-0.25, -0.2) is 0 Å². The molecule has 0 aliphatic rings. The Balaban J connectivity index is 2.74. The molecule has 5 heteroatoms. The van der Waals surface area contributed by atoms with E-state index in [9.17, 15) is 5.11 Å². The quantitative estimate of drug-likeness (QED) is 0.718. The van der Waals surface area contributed by atoms with E-state index < -0.39 is 0 Å². The highest BCUT2D eigenvalue weighted by Gasteiger charge is 2.13. The lowest BCUT2D eigenvalue weighted by Gasteiger charge is -2.22. The van der Waals surface area contributed by atoms with Crippen LogP contribution in [0.1, 0.15) is 25.8 Å². The molecule has 4 nitrogen and oxygen atoms in total. The molecular formula is C14H22BrNO3. The third kappa shape index (κ3) is 4.67. The molecule has 1 unspecified atom stereocenters. The molecule has 0 radical (unpaired) electrons. The van der Waals surface area contributed by atoms with Crippen molar-refractivity contribution in [1.29, 1.82) is 0 Å². The normalized spacial score (nSPS) is 12.7. The minimum absolute atomic E-state index is 0.113. The summed E-state index contributed by atoms with van der Waals surface area (Å²) in [5, 5.41) is 22.2. The Morgan fingerprint density at radius 3 is 2.58 bits per heavy atom. The molecule has 108 valence electrons. The van der Waals surface area contributed by atoms with Crippen LogP contribution in [0.3, 0.4) is 0 Å². The van der Waals surface area contributed by atoms with Crippen LogP contribution >= 0.6 is 15.9 Å². The summed E-state index contributed by atoms with van der Waals surface area (Å²) >= 11 is 3.31. The number of halogens is 1. The van der Waals surface area contributed by atoms with Crippen molar-refractivity contribution < 1.29 is 14.9 Å². The van der Waals surface area contributed by atoms with Crippen LogP contribution < -0.4 is 10.1 Å². The summed E-state index contributed by atoms with van der Waals surface area (Å²) in [5.74, 6) is 1.02. The highest BCUT2D eigenvalue weighted by Crippen LogP contribution is 2.35. The number of phenols is 1. The molecule has 1 atom stereocenters. The molecule has 0 heterocycles. The molecule has 0 aromatic heterocycles. The maximum absolute atomic E-state index is 9.75. The maximum atomic E-state index is 9.75. The van der Waals surface area contributed by atoms with E-state index in [1.54, 1.807) is 0 Å². The van der Waals surface area contributed by atoms with Gasteiger partial charge in [-0.05, 0) is 46.0 Å². The van der Waals surface area contributed by atoms with Crippen LogP contribution in [-0.2, 0) is 6.54 Å². The first-order chi connectivity index (χ1) is 8.99. The van der Waals surface area contributed by atoms with E-state index in [0.29, 0.717) is 22.7 Å². The third-order valence-corrected chi connectivity index (χ3v) is 3.73. The van der Waals surface area contributed by atoms with Crippen LogP contribution in [0.4, 0.5) is 0 Å². The van der Waals surface area contributed by atoms with Crippen LogP contribution in [0.5, 0.6) is 11.5 Å². The molecule has 1 aromatic rings. The fourth-order valence-electron chi connectivity index (χ4n) is 1.94. The molecule has 0 fully saturated rings. The van der Waals surface area contributed by atoms with E-state index >= 15 is 0 Å². The lowest BCUT2D eigenvalue weighted by molar-refractivity contribution is 0.244. The van der Waals surface area contributed by atoms with E-state index in [1.807, 2.05) is 12.1 Å². The topological polar surface area (TPSA) is 61.7 Å². The van der Waals surface area contributed by atoms with Crippen LogP contribution in [0.2, 0.25) is 0 Å². The number of aliphatic hydroxyl groups is 1. The summed E-state index contributed by atoms with van der Waals surface area (Å²) in [6.07, 6.45) is 0.730. The van der Waals surface area contributed by atoms with Gasteiger partial charge in [-0.3, -0.25) is 0 Å². The Morgan fingerprint density at radius 2 is 2.05 bits per heavy atom. The van der Waals surface area contributed by atoms with Crippen molar-refractivity contribution >= 4 is 15.9 Å². The Labute approximate surface area is 122 Å². The molecule has 3 N–H and O–H groups in total. The van der Waals surface area contributed by atoms with Gasteiger partial charge in [-0.15, -0.1) is 0 Å². The average Bonchev–Trinajstić information content (AvgIpc) is 2.37. The highest BCUT2D eigenvalue weighted by molar-refractivity contribution is 9.10. The minimum Gasteiger partial charge on any atom is -0.503 e. The number of nitrogens with one attached hydrogen (secondary N) is 1. The van der Waals surface area contributed by atoms with Gasteiger partial charge in [0, 0.05) is 19.2 Å². The molecule has 0 saturated heterocycles. The van der Waals surface area contributed by atoms with Gasteiger partial charge >= 0.3 is 0 Å². The number of hydrogen-bond donors (Lipinski definition) is 3. The number of phenolic OH excluding ortho intramolecular Hbond substituents is 1.